The minimum atomic E-state index is -3.42. The van der Waals surface area contributed by atoms with Crippen molar-refractivity contribution in [3.63, 3.8) is 0 Å². The van der Waals surface area contributed by atoms with Crippen LogP contribution in [0.3, 0.4) is 0 Å². The van der Waals surface area contributed by atoms with Gasteiger partial charge in [-0.15, -0.1) is 0 Å². The summed E-state index contributed by atoms with van der Waals surface area (Å²) in [6, 6.07) is 16.9. The number of fused-ring (bicyclic) bond motifs is 1. The molecule has 0 amide bonds. The number of rotatable bonds is 9. The van der Waals surface area contributed by atoms with Gasteiger partial charge in [0, 0.05) is 40.8 Å². The molecule has 28 heavy (non-hydrogen) atoms. The maximum Gasteiger partial charge on any atom is 0.233 e. The van der Waals surface area contributed by atoms with Crippen LogP contribution in [0.5, 0.6) is 0 Å². The van der Waals surface area contributed by atoms with Gasteiger partial charge in [0.2, 0.25) is 10.0 Å². The van der Waals surface area contributed by atoms with Crippen LogP contribution in [0.25, 0.3) is 17.0 Å². The maximum absolute atomic E-state index is 12.0. The van der Waals surface area contributed by atoms with E-state index in [9.17, 15) is 8.42 Å². The fourth-order valence-corrected chi connectivity index (χ4v) is 3.77. The summed E-state index contributed by atoms with van der Waals surface area (Å²) in [4.78, 5) is 4.32. The highest BCUT2D eigenvalue weighted by molar-refractivity contribution is 7.92. The van der Waals surface area contributed by atoms with Gasteiger partial charge in [-0.05, 0) is 48.7 Å². The van der Waals surface area contributed by atoms with E-state index in [1.165, 1.54) is 5.41 Å². The summed E-state index contributed by atoms with van der Waals surface area (Å²) in [7, 11) is -3.42. The lowest BCUT2D eigenvalue weighted by molar-refractivity contribution is 0.587. The van der Waals surface area contributed by atoms with Gasteiger partial charge in [-0.2, -0.15) is 0 Å². The molecule has 0 bridgehead atoms. The Bertz CT molecular complexity index is 1050. The predicted molar refractivity (Wildman–Crippen MR) is 117 cm³/mol. The Morgan fingerprint density at radius 3 is 2.61 bits per heavy atom. The second kappa shape index (κ2) is 9.68. The molecule has 5 nitrogen and oxygen atoms in total. The number of halogens is 1. The smallest absolute Gasteiger partial charge is 0.233 e. The molecular formula is C21H22ClN3O2S. The second-order valence-corrected chi connectivity index (χ2v) is 8.39. The average Bonchev–Trinajstić information content (AvgIpc) is 2.69. The van der Waals surface area contributed by atoms with Gasteiger partial charge in [-0.1, -0.05) is 41.9 Å². The van der Waals surface area contributed by atoms with Crippen LogP contribution in [-0.2, 0) is 10.0 Å². The molecule has 3 rings (SSSR count). The van der Waals surface area contributed by atoms with Gasteiger partial charge in [0.1, 0.15) is 0 Å². The van der Waals surface area contributed by atoms with Gasteiger partial charge in [0.25, 0.3) is 0 Å². The number of aromatic nitrogens is 1. The minimum absolute atomic E-state index is 0.399. The van der Waals surface area contributed by atoms with Crippen LogP contribution in [0.2, 0.25) is 5.02 Å². The Morgan fingerprint density at radius 1 is 1.00 bits per heavy atom. The Morgan fingerprint density at radius 2 is 1.79 bits per heavy atom. The van der Waals surface area contributed by atoms with Crippen molar-refractivity contribution in [1.29, 1.82) is 0 Å². The quantitative estimate of drug-likeness (QED) is 0.498. The third kappa shape index (κ3) is 6.05. The number of hydrogen-bond donors (Lipinski definition) is 2. The molecule has 0 aliphatic rings. The first-order chi connectivity index (χ1) is 13.5. The Labute approximate surface area is 170 Å². The molecule has 0 spiro atoms. The highest BCUT2D eigenvalue weighted by atomic mass is 35.5. The summed E-state index contributed by atoms with van der Waals surface area (Å²) in [6.07, 6.45) is 4.90. The van der Waals surface area contributed by atoms with Gasteiger partial charge < -0.3 is 5.32 Å². The van der Waals surface area contributed by atoms with Crippen molar-refractivity contribution in [1.82, 2.24) is 9.71 Å². The topological polar surface area (TPSA) is 71.1 Å². The van der Waals surface area contributed by atoms with E-state index < -0.39 is 10.0 Å². The van der Waals surface area contributed by atoms with E-state index in [2.05, 4.69) is 15.0 Å². The summed E-state index contributed by atoms with van der Waals surface area (Å²) in [5.41, 5.74) is 2.69. The second-order valence-electron chi connectivity index (χ2n) is 6.31. The minimum Gasteiger partial charge on any atom is -0.384 e. The number of nitrogens with one attached hydrogen (secondary N) is 2. The van der Waals surface area contributed by atoms with Gasteiger partial charge in [0.15, 0.2) is 0 Å². The zero-order valence-electron chi connectivity index (χ0n) is 15.3. The number of pyridine rings is 1. The van der Waals surface area contributed by atoms with Gasteiger partial charge in [0.05, 0.1) is 5.52 Å². The monoisotopic (exact) mass is 415 g/mol. The Hall–Kier alpha value is -2.41. The van der Waals surface area contributed by atoms with Crippen LogP contribution in [0, 0.1) is 0 Å². The zero-order valence-corrected chi connectivity index (χ0v) is 16.9. The number of unbranched alkanes of at least 4 members (excludes halogenated alkanes) is 1. The molecule has 1 aromatic heterocycles. The van der Waals surface area contributed by atoms with Gasteiger partial charge in [-0.25, -0.2) is 13.1 Å². The van der Waals surface area contributed by atoms with Crippen molar-refractivity contribution >= 4 is 44.3 Å². The third-order valence-electron chi connectivity index (χ3n) is 4.17. The van der Waals surface area contributed by atoms with Gasteiger partial charge >= 0.3 is 0 Å². The van der Waals surface area contributed by atoms with Crippen molar-refractivity contribution in [2.24, 2.45) is 0 Å². The average molecular weight is 416 g/mol. The van der Waals surface area contributed by atoms with Crippen LogP contribution in [0.15, 0.2) is 66.2 Å². The van der Waals surface area contributed by atoms with Crippen molar-refractivity contribution in [2.45, 2.75) is 12.8 Å². The van der Waals surface area contributed by atoms with E-state index in [-0.39, 0.29) is 0 Å². The number of anilines is 1. The largest absolute Gasteiger partial charge is 0.384 e. The first-order valence-corrected chi connectivity index (χ1v) is 11.0. The summed E-state index contributed by atoms with van der Waals surface area (Å²) in [5, 5.41) is 6.25. The summed E-state index contributed by atoms with van der Waals surface area (Å²) in [6.45, 7) is 1.14. The molecular weight excluding hydrogens is 394 g/mol. The van der Waals surface area contributed by atoms with Crippen molar-refractivity contribution in [2.75, 3.05) is 18.4 Å². The van der Waals surface area contributed by atoms with Crippen LogP contribution in [0.4, 0.5) is 5.69 Å². The molecule has 0 atom stereocenters. The first-order valence-electron chi connectivity index (χ1n) is 9.04. The lowest BCUT2D eigenvalue weighted by atomic mass is 10.2. The van der Waals surface area contributed by atoms with Crippen LogP contribution >= 0.6 is 11.6 Å². The van der Waals surface area contributed by atoms with Gasteiger partial charge in [-0.3, -0.25) is 4.98 Å². The molecule has 3 aromatic rings. The molecule has 1 heterocycles. The highest BCUT2D eigenvalue weighted by Crippen LogP contribution is 2.24. The molecule has 2 N–H and O–H groups in total. The lowest BCUT2D eigenvalue weighted by Crippen LogP contribution is -2.22. The molecule has 2 aromatic carbocycles. The fraction of sp³-hybridized carbons (Fsp3) is 0.190. The predicted octanol–water partition coefficient (Wildman–Crippen LogP) is 4.67. The van der Waals surface area contributed by atoms with Crippen molar-refractivity contribution in [3.05, 3.63) is 76.8 Å². The number of hydrogen-bond acceptors (Lipinski definition) is 4. The Balaban J connectivity index is 1.42. The first kappa shape index (κ1) is 20.3. The van der Waals surface area contributed by atoms with E-state index in [1.54, 1.807) is 12.3 Å². The third-order valence-corrected chi connectivity index (χ3v) is 5.50. The SMILES string of the molecule is O=S(=O)(/C=C/c1ccccc1)NCCCCNc1ccnc2cc(Cl)ccc12. The molecule has 0 unspecified atom stereocenters. The summed E-state index contributed by atoms with van der Waals surface area (Å²) >= 11 is 6.01. The molecule has 0 fully saturated rings. The summed E-state index contributed by atoms with van der Waals surface area (Å²) < 4.78 is 26.6. The molecule has 146 valence electrons. The van der Waals surface area contributed by atoms with E-state index in [1.807, 2.05) is 54.6 Å². The van der Waals surface area contributed by atoms with Crippen LogP contribution in [-0.4, -0.2) is 26.5 Å². The van der Waals surface area contributed by atoms with Crippen LogP contribution in [0.1, 0.15) is 18.4 Å². The maximum atomic E-state index is 12.0. The normalized spacial score (nSPS) is 11.9. The standard InChI is InChI=1S/C21H22ClN3O2S/c22-18-8-9-19-20(10-14-24-21(19)16-18)23-12-4-5-13-25-28(26,27)15-11-17-6-2-1-3-7-17/h1-3,6-11,14-16,25H,4-5,12-13H2,(H,23,24)/b15-11+. The van der Waals surface area contributed by atoms with Crippen molar-refractivity contribution < 1.29 is 8.42 Å². The molecule has 0 saturated carbocycles. The molecule has 0 aliphatic heterocycles. The summed E-state index contributed by atoms with van der Waals surface area (Å²) in [5.74, 6) is 0. The van der Waals surface area contributed by atoms with E-state index in [4.69, 9.17) is 11.6 Å². The van der Waals surface area contributed by atoms with E-state index in [0.717, 1.165) is 41.5 Å². The molecule has 0 saturated heterocycles. The van der Waals surface area contributed by atoms with Crippen LogP contribution < -0.4 is 10.0 Å². The highest BCUT2D eigenvalue weighted by Gasteiger charge is 2.05. The van der Waals surface area contributed by atoms with E-state index in [0.29, 0.717) is 11.6 Å². The number of nitrogens with zero attached hydrogens (tertiary/aromatic N) is 1. The van der Waals surface area contributed by atoms with E-state index >= 15 is 0 Å². The molecule has 0 aliphatic carbocycles. The Kier molecular flexibility index (Phi) is 7.03. The lowest BCUT2D eigenvalue weighted by Gasteiger charge is -2.09. The number of sulfonamides is 1. The molecule has 7 heteroatoms. The fourth-order valence-electron chi connectivity index (χ4n) is 2.74. The molecule has 0 radical (unpaired) electrons. The van der Waals surface area contributed by atoms with Crippen molar-refractivity contribution in [3.8, 4) is 0 Å². The number of benzene rings is 2. The zero-order chi connectivity index (χ0) is 19.8.